The van der Waals surface area contributed by atoms with Gasteiger partial charge >= 0.3 is 0 Å². The van der Waals surface area contributed by atoms with Crippen molar-refractivity contribution < 1.29 is 4.74 Å². The van der Waals surface area contributed by atoms with E-state index in [-0.39, 0.29) is 0 Å². The maximum Gasteiger partial charge on any atom is 0.256 e. The molecule has 0 aliphatic rings. The molecule has 1 aromatic carbocycles. The Bertz CT molecular complexity index is 248. The van der Waals surface area contributed by atoms with Crippen LogP contribution in [0.5, 0.6) is 0 Å². The molecule has 0 radical (unpaired) electrons. The van der Waals surface area contributed by atoms with E-state index < -0.39 is 0 Å². The third-order valence-corrected chi connectivity index (χ3v) is 1.78. The Labute approximate surface area is 77.5 Å². The molecule has 0 aliphatic carbocycles. The molecule has 0 aliphatic heterocycles. The molecular weight excluding hydrogens is 170 g/mol. The van der Waals surface area contributed by atoms with E-state index in [1.165, 1.54) is 5.56 Å². The van der Waals surface area contributed by atoms with E-state index in [0.29, 0.717) is 11.7 Å². The second-order valence-electron chi connectivity index (χ2n) is 2.33. The highest BCUT2D eigenvalue weighted by Crippen LogP contribution is 1.96. The molecular formula is C9H11NOS. The maximum atomic E-state index is 4.82. The van der Waals surface area contributed by atoms with E-state index in [9.17, 15) is 0 Å². The van der Waals surface area contributed by atoms with Gasteiger partial charge in [-0.15, -0.1) is 0 Å². The monoisotopic (exact) mass is 181 g/mol. The zero-order valence-electron chi connectivity index (χ0n) is 6.91. The minimum Gasteiger partial charge on any atom is -0.474 e. The second kappa shape index (κ2) is 4.72. The van der Waals surface area contributed by atoms with Crippen molar-refractivity contribution in [3.05, 3.63) is 35.9 Å². The average Bonchev–Trinajstić information content (AvgIpc) is 2.16. The first-order valence-corrected chi connectivity index (χ1v) is 4.09. The highest BCUT2D eigenvalue weighted by Gasteiger charge is 1.92. The van der Waals surface area contributed by atoms with Gasteiger partial charge in [-0.05, 0) is 17.8 Å². The minimum absolute atomic E-state index is 0.429. The van der Waals surface area contributed by atoms with Crippen molar-refractivity contribution >= 4 is 17.4 Å². The number of hydrogen-bond acceptors (Lipinski definition) is 2. The molecule has 2 nitrogen and oxygen atoms in total. The number of benzene rings is 1. The van der Waals surface area contributed by atoms with Crippen molar-refractivity contribution in [2.75, 3.05) is 7.11 Å². The summed E-state index contributed by atoms with van der Waals surface area (Å²) in [5.74, 6) is 0. The second-order valence-corrected chi connectivity index (χ2v) is 2.70. The van der Waals surface area contributed by atoms with Crippen LogP contribution in [0.2, 0.25) is 0 Å². The van der Waals surface area contributed by atoms with Gasteiger partial charge in [-0.2, -0.15) is 0 Å². The van der Waals surface area contributed by atoms with E-state index in [2.05, 4.69) is 5.32 Å². The van der Waals surface area contributed by atoms with Crippen molar-refractivity contribution in [1.82, 2.24) is 5.32 Å². The summed E-state index contributed by atoms with van der Waals surface area (Å²) in [7, 11) is 1.56. The third kappa shape index (κ3) is 2.88. The fraction of sp³-hybridized carbons (Fsp3) is 0.222. The van der Waals surface area contributed by atoms with Gasteiger partial charge in [-0.1, -0.05) is 30.3 Å². The first kappa shape index (κ1) is 9.00. The molecule has 64 valence electrons. The lowest BCUT2D eigenvalue weighted by molar-refractivity contribution is 0.392. The van der Waals surface area contributed by atoms with Gasteiger partial charge in [-0.3, -0.25) is 0 Å². The van der Waals surface area contributed by atoms with E-state index in [1.54, 1.807) is 7.11 Å². The van der Waals surface area contributed by atoms with Crippen molar-refractivity contribution in [1.29, 1.82) is 0 Å². The number of methoxy groups -OCH3 is 1. The summed E-state index contributed by atoms with van der Waals surface area (Å²) in [4.78, 5) is 0. The van der Waals surface area contributed by atoms with E-state index in [0.717, 1.165) is 0 Å². The Balaban J connectivity index is 2.38. The van der Waals surface area contributed by atoms with Crippen LogP contribution in [0.4, 0.5) is 0 Å². The predicted molar refractivity (Wildman–Crippen MR) is 52.9 cm³/mol. The standard InChI is InChI=1S/C9H11NOS/c1-11-9(12)10-7-8-5-3-2-4-6-8/h2-6H,7H2,1H3,(H,10,12). The molecule has 0 atom stereocenters. The normalized spacial score (nSPS) is 9.08. The Kier molecular flexibility index (Phi) is 3.54. The highest BCUT2D eigenvalue weighted by molar-refractivity contribution is 7.80. The van der Waals surface area contributed by atoms with Crippen LogP contribution in [0.1, 0.15) is 5.56 Å². The number of hydrogen-bond donors (Lipinski definition) is 1. The van der Waals surface area contributed by atoms with Crippen LogP contribution in [-0.4, -0.2) is 12.3 Å². The molecule has 1 aromatic rings. The SMILES string of the molecule is COC(=S)NCc1ccccc1. The van der Waals surface area contributed by atoms with Gasteiger partial charge in [0.25, 0.3) is 5.17 Å². The Morgan fingerprint density at radius 2 is 2.08 bits per heavy atom. The van der Waals surface area contributed by atoms with Crippen molar-refractivity contribution in [3.8, 4) is 0 Å². The van der Waals surface area contributed by atoms with Crippen LogP contribution in [-0.2, 0) is 11.3 Å². The zero-order valence-corrected chi connectivity index (χ0v) is 7.73. The zero-order chi connectivity index (χ0) is 8.81. The lowest BCUT2D eigenvalue weighted by Gasteiger charge is -2.05. The van der Waals surface area contributed by atoms with Crippen LogP contribution in [0.3, 0.4) is 0 Å². The summed E-state index contributed by atoms with van der Waals surface area (Å²) in [5.41, 5.74) is 1.19. The summed E-state index contributed by atoms with van der Waals surface area (Å²) < 4.78 is 4.79. The molecule has 0 heterocycles. The first-order valence-electron chi connectivity index (χ1n) is 3.68. The summed E-state index contributed by atoms with van der Waals surface area (Å²) in [6.07, 6.45) is 0. The molecule has 0 unspecified atom stereocenters. The molecule has 3 heteroatoms. The van der Waals surface area contributed by atoms with Crippen molar-refractivity contribution in [2.45, 2.75) is 6.54 Å². The predicted octanol–water partition coefficient (Wildman–Crippen LogP) is 1.71. The molecule has 0 saturated carbocycles. The number of rotatable bonds is 2. The molecule has 1 rings (SSSR count). The van der Waals surface area contributed by atoms with Gasteiger partial charge in [0.15, 0.2) is 0 Å². The number of thiocarbonyl (C=S) groups is 1. The summed E-state index contributed by atoms with van der Waals surface area (Å²) in [6, 6.07) is 10.0. The molecule has 0 aromatic heterocycles. The number of ether oxygens (including phenoxy) is 1. The molecule has 0 spiro atoms. The molecule has 0 saturated heterocycles. The van der Waals surface area contributed by atoms with Crippen LogP contribution >= 0.6 is 12.2 Å². The fourth-order valence-electron chi connectivity index (χ4n) is 0.842. The Morgan fingerprint density at radius 1 is 1.42 bits per heavy atom. The lowest BCUT2D eigenvalue weighted by atomic mass is 10.2. The van der Waals surface area contributed by atoms with Crippen LogP contribution in [0, 0.1) is 0 Å². The van der Waals surface area contributed by atoms with Gasteiger partial charge in [0.05, 0.1) is 7.11 Å². The largest absolute Gasteiger partial charge is 0.474 e. The van der Waals surface area contributed by atoms with Gasteiger partial charge in [-0.25, -0.2) is 0 Å². The van der Waals surface area contributed by atoms with E-state index in [4.69, 9.17) is 17.0 Å². The Hall–Kier alpha value is -1.09. The molecule has 0 amide bonds. The van der Waals surface area contributed by atoms with Gasteiger partial charge in [0.2, 0.25) is 0 Å². The van der Waals surface area contributed by atoms with Crippen molar-refractivity contribution in [3.63, 3.8) is 0 Å². The van der Waals surface area contributed by atoms with Gasteiger partial charge < -0.3 is 10.1 Å². The van der Waals surface area contributed by atoms with Crippen LogP contribution in [0.25, 0.3) is 0 Å². The van der Waals surface area contributed by atoms with Gasteiger partial charge in [0, 0.05) is 6.54 Å². The average molecular weight is 181 g/mol. The number of nitrogens with one attached hydrogen (secondary N) is 1. The lowest BCUT2D eigenvalue weighted by Crippen LogP contribution is -2.21. The maximum absolute atomic E-state index is 4.82. The molecule has 0 fully saturated rings. The van der Waals surface area contributed by atoms with Crippen molar-refractivity contribution in [2.24, 2.45) is 0 Å². The fourth-order valence-corrected chi connectivity index (χ4v) is 0.914. The third-order valence-electron chi connectivity index (χ3n) is 1.47. The Morgan fingerprint density at radius 3 is 2.67 bits per heavy atom. The molecule has 0 bridgehead atoms. The minimum atomic E-state index is 0.429. The summed E-state index contributed by atoms with van der Waals surface area (Å²) >= 11 is 4.82. The quantitative estimate of drug-likeness (QED) is 0.702. The topological polar surface area (TPSA) is 21.3 Å². The van der Waals surface area contributed by atoms with Crippen LogP contribution in [0.15, 0.2) is 30.3 Å². The molecule has 1 N–H and O–H groups in total. The summed E-state index contributed by atoms with van der Waals surface area (Å²) in [5, 5.41) is 3.39. The van der Waals surface area contributed by atoms with E-state index >= 15 is 0 Å². The smallest absolute Gasteiger partial charge is 0.256 e. The summed E-state index contributed by atoms with van der Waals surface area (Å²) in [6.45, 7) is 0.716. The van der Waals surface area contributed by atoms with Gasteiger partial charge in [0.1, 0.15) is 0 Å². The highest BCUT2D eigenvalue weighted by atomic mass is 32.1. The molecule has 12 heavy (non-hydrogen) atoms. The first-order chi connectivity index (χ1) is 5.83. The van der Waals surface area contributed by atoms with E-state index in [1.807, 2.05) is 30.3 Å². The van der Waals surface area contributed by atoms with Crippen LogP contribution < -0.4 is 5.32 Å².